The van der Waals surface area contributed by atoms with Crippen molar-refractivity contribution >= 4 is 17.3 Å². The molecule has 1 atom stereocenters. The molecule has 2 aliphatic heterocycles. The van der Waals surface area contributed by atoms with Gasteiger partial charge in [-0.25, -0.2) is 0 Å². The van der Waals surface area contributed by atoms with Crippen LogP contribution in [0.15, 0.2) is 18.2 Å². The third-order valence-electron chi connectivity index (χ3n) is 5.31. The molecule has 2 heterocycles. The first-order valence-corrected chi connectivity index (χ1v) is 9.04. The maximum atomic E-state index is 12.9. The Morgan fingerprint density at radius 3 is 2.62 bits per heavy atom. The molecule has 0 saturated carbocycles. The van der Waals surface area contributed by atoms with Crippen LogP contribution < -0.4 is 9.64 Å². The standard InChI is InChI=1S/C18H26N4O4/c1-19-8-10-20(11-9-19)18(23)14-4-3-7-21(13-14)15-5-6-16(22(24)25)17(12-15)26-2/h5-6,12,14H,3-4,7-11,13H2,1-2H3/t14-/m0/s1. The zero-order valence-electron chi connectivity index (χ0n) is 15.4. The van der Waals surface area contributed by atoms with Gasteiger partial charge in [-0.3, -0.25) is 14.9 Å². The Balaban J connectivity index is 1.70. The van der Waals surface area contributed by atoms with E-state index in [1.54, 1.807) is 12.1 Å². The molecule has 0 aliphatic carbocycles. The van der Waals surface area contributed by atoms with E-state index in [0.717, 1.165) is 51.3 Å². The summed E-state index contributed by atoms with van der Waals surface area (Å²) in [5.74, 6) is 0.463. The number of nitro groups is 1. The van der Waals surface area contributed by atoms with Gasteiger partial charge in [-0.05, 0) is 26.0 Å². The minimum atomic E-state index is -0.446. The Kier molecular flexibility index (Phi) is 5.61. The number of amides is 1. The van der Waals surface area contributed by atoms with Crippen molar-refractivity contribution in [1.29, 1.82) is 0 Å². The van der Waals surface area contributed by atoms with Crippen molar-refractivity contribution in [1.82, 2.24) is 9.80 Å². The highest BCUT2D eigenvalue weighted by molar-refractivity contribution is 5.80. The van der Waals surface area contributed by atoms with Gasteiger partial charge in [0.15, 0.2) is 5.75 Å². The lowest BCUT2D eigenvalue weighted by atomic mass is 9.95. The predicted octanol–water partition coefficient (Wildman–Crippen LogP) is 1.59. The SMILES string of the molecule is COc1cc(N2CCC[C@H](C(=O)N3CCN(C)CC3)C2)ccc1[N+](=O)[O-]. The zero-order valence-corrected chi connectivity index (χ0v) is 15.4. The van der Waals surface area contributed by atoms with Gasteiger partial charge in [0.2, 0.25) is 5.91 Å². The van der Waals surface area contributed by atoms with Crippen molar-refractivity contribution in [2.75, 3.05) is 58.3 Å². The van der Waals surface area contributed by atoms with Gasteiger partial charge in [-0.1, -0.05) is 0 Å². The topological polar surface area (TPSA) is 79.2 Å². The summed E-state index contributed by atoms with van der Waals surface area (Å²) in [6, 6.07) is 4.91. The Morgan fingerprint density at radius 1 is 1.23 bits per heavy atom. The van der Waals surface area contributed by atoms with E-state index in [-0.39, 0.29) is 23.3 Å². The van der Waals surface area contributed by atoms with E-state index in [2.05, 4.69) is 16.8 Å². The van der Waals surface area contributed by atoms with Crippen LogP contribution in [0.5, 0.6) is 5.75 Å². The Hall–Kier alpha value is -2.35. The molecule has 8 nitrogen and oxygen atoms in total. The molecule has 0 bridgehead atoms. The molecule has 3 rings (SSSR count). The van der Waals surface area contributed by atoms with Crippen LogP contribution in [0, 0.1) is 16.0 Å². The number of hydrogen-bond acceptors (Lipinski definition) is 6. The van der Waals surface area contributed by atoms with Crippen molar-refractivity contribution in [2.45, 2.75) is 12.8 Å². The number of piperazine rings is 1. The normalized spacial score (nSPS) is 21.5. The number of nitro benzene ring substituents is 1. The largest absolute Gasteiger partial charge is 0.490 e. The first kappa shape index (κ1) is 18.4. The lowest BCUT2D eigenvalue weighted by molar-refractivity contribution is -0.385. The molecule has 0 aromatic heterocycles. The number of rotatable bonds is 4. The van der Waals surface area contributed by atoms with E-state index in [9.17, 15) is 14.9 Å². The van der Waals surface area contributed by atoms with E-state index in [0.29, 0.717) is 6.54 Å². The molecule has 2 saturated heterocycles. The summed E-state index contributed by atoms with van der Waals surface area (Å²) in [6.07, 6.45) is 1.83. The molecule has 1 aromatic carbocycles. The van der Waals surface area contributed by atoms with Gasteiger partial charge in [0.05, 0.1) is 18.0 Å². The molecule has 2 fully saturated rings. The Bertz CT molecular complexity index is 673. The highest BCUT2D eigenvalue weighted by Crippen LogP contribution is 2.33. The summed E-state index contributed by atoms with van der Waals surface area (Å²) >= 11 is 0. The van der Waals surface area contributed by atoms with E-state index < -0.39 is 4.92 Å². The summed E-state index contributed by atoms with van der Waals surface area (Å²) in [7, 11) is 3.51. The number of nitrogens with zero attached hydrogens (tertiary/aromatic N) is 4. The maximum Gasteiger partial charge on any atom is 0.311 e. The number of methoxy groups -OCH3 is 1. The minimum absolute atomic E-state index is 0.0201. The summed E-state index contributed by atoms with van der Waals surface area (Å²) in [4.78, 5) is 29.8. The third kappa shape index (κ3) is 3.90. The molecule has 1 aromatic rings. The summed E-state index contributed by atoms with van der Waals surface area (Å²) in [5, 5.41) is 11.1. The monoisotopic (exact) mass is 362 g/mol. The minimum Gasteiger partial charge on any atom is -0.490 e. The lowest BCUT2D eigenvalue weighted by Crippen LogP contribution is -2.51. The van der Waals surface area contributed by atoms with E-state index in [1.165, 1.54) is 13.2 Å². The second-order valence-electron chi connectivity index (χ2n) is 7.03. The maximum absolute atomic E-state index is 12.9. The highest BCUT2D eigenvalue weighted by Gasteiger charge is 2.31. The molecular weight excluding hydrogens is 336 g/mol. The number of piperidine rings is 1. The number of anilines is 1. The molecule has 0 N–H and O–H groups in total. The third-order valence-corrected chi connectivity index (χ3v) is 5.31. The van der Waals surface area contributed by atoms with Crippen molar-refractivity contribution in [3.05, 3.63) is 28.3 Å². The van der Waals surface area contributed by atoms with Gasteiger partial charge in [0.1, 0.15) is 0 Å². The summed E-state index contributed by atoms with van der Waals surface area (Å²) < 4.78 is 5.17. The van der Waals surface area contributed by atoms with Crippen molar-refractivity contribution < 1.29 is 14.5 Å². The molecule has 0 radical (unpaired) electrons. The van der Waals surface area contributed by atoms with Crippen LogP contribution in [0.2, 0.25) is 0 Å². The van der Waals surface area contributed by atoms with E-state index in [4.69, 9.17) is 4.74 Å². The number of hydrogen-bond donors (Lipinski definition) is 0. The number of carbonyl (C=O) groups excluding carboxylic acids is 1. The highest BCUT2D eigenvalue weighted by atomic mass is 16.6. The molecular formula is C18H26N4O4. The quantitative estimate of drug-likeness (QED) is 0.598. The van der Waals surface area contributed by atoms with Crippen LogP contribution in [0.25, 0.3) is 0 Å². The second-order valence-corrected chi connectivity index (χ2v) is 7.03. The molecule has 142 valence electrons. The van der Waals surface area contributed by atoms with Crippen LogP contribution >= 0.6 is 0 Å². The molecule has 2 aliphatic rings. The van der Waals surface area contributed by atoms with Crippen LogP contribution in [0.1, 0.15) is 12.8 Å². The van der Waals surface area contributed by atoms with Crippen LogP contribution in [0.3, 0.4) is 0 Å². The van der Waals surface area contributed by atoms with Crippen LogP contribution in [0.4, 0.5) is 11.4 Å². The van der Waals surface area contributed by atoms with E-state index in [1.807, 2.05) is 4.90 Å². The molecule has 0 unspecified atom stereocenters. The zero-order chi connectivity index (χ0) is 18.7. The Labute approximate surface area is 153 Å². The van der Waals surface area contributed by atoms with Gasteiger partial charge in [-0.15, -0.1) is 0 Å². The smallest absolute Gasteiger partial charge is 0.311 e. The van der Waals surface area contributed by atoms with Crippen molar-refractivity contribution in [3.8, 4) is 5.75 Å². The van der Waals surface area contributed by atoms with Gasteiger partial charge in [0, 0.05) is 57.1 Å². The predicted molar refractivity (Wildman–Crippen MR) is 98.7 cm³/mol. The van der Waals surface area contributed by atoms with Crippen LogP contribution in [-0.4, -0.2) is 74.1 Å². The molecule has 0 spiro atoms. The fourth-order valence-corrected chi connectivity index (χ4v) is 3.71. The molecule has 8 heteroatoms. The van der Waals surface area contributed by atoms with Crippen LogP contribution in [-0.2, 0) is 4.79 Å². The van der Waals surface area contributed by atoms with Gasteiger partial charge >= 0.3 is 5.69 Å². The van der Waals surface area contributed by atoms with E-state index >= 15 is 0 Å². The number of benzene rings is 1. The fourth-order valence-electron chi connectivity index (χ4n) is 3.71. The average molecular weight is 362 g/mol. The first-order chi connectivity index (χ1) is 12.5. The summed E-state index contributed by atoms with van der Waals surface area (Å²) in [5.41, 5.74) is 0.821. The number of likely N-dealkylation sites (N-methyl/N-ethyl adjacent to an activating group) is 1. The number of carbonyl (C=O) groups is 1. The molecule has 1 amide bonds. The van der Waals surface area contributed by atoms with Crippen molar-refractivity contribution in [2.24, 2.45) is 5.92 Å². The number of ether oxygens (including phenoxy) is 1. The van der Waals surface area contributed by atoms with Gasteiger partial charge in [0.25, 0.3) is 0 Å². The second kappa shape index (κ2) is 7.90. The van der Waals surface area contributed by atoms with Gasteiger partial charge in [-0.2, -0.15) is 0 Å². The van der Waals surface area contributed by atoms with Crippen molar-refractivity contribution in [3.63, 3.8) is 0 Å². The Morgan fingerprint density at radius 2 is 1.96 bits per heavy atom. The fraction of sp³-hybridized carbons (Fsp3) is 0.611. The average Bonchev–Trinajstić information content (AvgIpc) is 2.67. The first-order valence-electron chi connectivity index (χ1n) is 9.04. The molecule has 26 heavy (non-hydrogen) atoms. The summed E-state index contributed by atoms with van der Waals surface area (Å²) in [6.45, 7) is 4.90. The lowest BCUT2D eigenvalue weighted by Gasteiger charge is -2.38. The van der Waals surface area contributed by atoms with Gasteiger partial charge < -0.3 is 19.4 Å².